The number of aromatic nitrogens is 2. The van der Waals surface area contributed by atoms with Gasteiger partial charge >= 0.3 is 0 Å². The number of carbonyl (C=O) groups excluding carboxylic acids is 1. The monoisotopic (exact) mass is 487 g/mol. The van der Waals surface area contributed by atoms with Crippen LogP contribution in [0.5, 0.6) is 17.2 Å². The van der Waals surface area contributed by atoms with Crippen molar-refractivity contribution < 1.29 is 19.0 Å². The number of aryl methyl sites for hydroxylation is 3. The third-order valence-electron chi connectivity index (χ3n) is 6.05. The van der Waals surface area contributed by atoms with Crippen LogP contribution in [0, 0.1) is 13.8 Å². The van der Waals surface area contributed by atoms with Crippen LogP contribution in [-0.4, -0.2) is 36.3 Å². The molecule has 1 atom stereocenters. The van der Waals surface area contributed by atoms with Crippen molar-refractivity contribution in [2.75, 3.05) is 20.8 Å². The van der Waals surface area contributed by atoms with Crippen LogP contribution >= 0.6 is 0 Å². The summed E-state index contributed by atoms with van der Waals surface area (Å²) in [6.07, 6.45) is 0.802. The van der Waals surface area contributed by atoms with Gasteiger partial charge in [-0.15, -0.1) is 0 Å². The number of imidazole rings is 1. The normalized spacial score (nSPS) is 11.8. The minimum Gasteiger partial charge on any atom is -0.494 e. The number of hydrogen-bond donors (Lipinski definition) is 1. The van der Waals surface area contributed by atoms with Crippen LogP contribution in [-0.2, 0) is 6.54 Å². The number of benzene rings is 3. The second kappa shape index (κ2) is 11.2. The molecule has 7 heteroatoms. The predicted molar refractivity (Wildman–Crippen MR) is 141 cm³/mol. The summed E-state index contributed by atoms with van der Waals surface area (Å²) in [6, 6.07) is 19.1. The van der Waals surface area contributed by atoms with E-state index >= 15 is 0 Å². The molecule has 0 bridgehead atoms. The largest absolute Gasteiger partial charge is 0.494 e. The van der Waals surface area contributed by atoms with E-state index in [1.54, 1.807) is 32.4 Å². The first-order chi connectivity index (χ1) is 17.4. The molecule has 0 saturated carbocycles. The molecule has 1 heterocycles. The average molecular weight is 488 g/mol. The smallest absolute Gasteiger partial charge is 0.251 e. The van der Waals surface area contributed by atoms with Gasteiger partial charge in [-0.25, -0.2) is 4.98 Å². The van der Waals surface area contributed by atoms with Gasteiger partial charge in [-0.2, -0.15) is 0 Å². The molecule has 1 aromatic heterocycles. The SMILES string of the molecule is COc1ccc(C(=O)NC(C)c2nc3ccccc3n2CCCOc2cc(C)cc(C)c2)cc1OC. The van der Waals surface area contributed by atoms with Gasteiger partial charge in [0.1, 0.15) is 11.6 Å². The zero-order chi connectivity index (χ0) is 25.7. The first kappa shape index (κ1) is 25.1. The number of ether oxygens (including phenoxy) is 3. The Kier molecular flexibility index (Phi) is 7.78. The quantitative estimate of drug-likeness (QED) is 0.294. The molecule has 0 aliphatic carbocycles. The number of hydrogen-bond acceptors (Lipinski definition) is 5. The number of carbonyl (C=O) groups is 1. The molecule has 36 heavy (non-hydrogen) atoms. The zero-order valence-corrected chi connectivity index (χ0v) is 21.5. The van der Waals surface area contributed by atoms with Crippen LogP contribution in [0.25, 0.3) is 11.0 Å². The first-order valence-electron chi connectivity index (χ1n) is 12.1. The Morgan fingerprint density at radius 1 is 0.972 bits per heavy atom. The Hall–Kier alpha value is -4.00. The fourth-order valence-corrected chi connectivity index (χ4v) is 4.41. The summed E-state index contributed by atoms with van der Waals surface area (Å²) < 4.78 is 18.8. The Bertz CT molecular complexity index is 1340. The molecular weight excluding hydrogens is 454 g/mol. The van der Waals surface area contributed by atoms with E-state index in [1.165, 1.54) is 11.1 Å². The molecule has 0 saturated heterocycles. The van der Waals surface area contributed by atoms with Crippen LogP contribution < -0.4 is 19.5 Å². The van der Waals surface area contributed by atoms with E-state index in [9.17, 15) is 4.79 Å². The van der Waals surface area contributed by atoms with Crippen molar-refractivity contribution in [2.45, 2.75) is 39.8 Å². The van der Waals surface area contributed by atoms with Crippen LogP contribution in [0.2, 0.25) is 0 Å². The summed E-state index contributed by atoms with van der Waals surface area (Å²) in [4.78, 5) is 17.9. The highest BCUT2D eigenvalue weighted by molar-refractivity contribution is 5.95. The fourth-order valence-electron chi connectivity index (χ4n) is 4.41. The second-order valence-corrected chi connectivity index (χ2v) is 8.90. The van der Waals surface area contributed by atoms with E-state index in [4.69, 9.17) is 19.2 Å². The molecule has 4 aromatic rings. The third kappa shape index (κ3) is 5.62. The minimum absolute atomic E-state index is 0.208. The van der Waals surface area contributed by atoms with Crippen molar-refractivity contribution in [3.8, 4) is 17.2 Å². The molecule has 0 fully saturated rings. The number of methoxy groups -OCH3 is 2. The number of nitrogens with one attached hydrogen (secondary N) is 1. The van der Waals surface area contributed by atoms with E-state index in [0.29, 0.717) is 23.7 Å². The summed E-state index contributed by atoms with van der Waals surface area (Å²) in [6.45, 7) is 7.39. The Balaban J connectivity index is 1.49. The molecule has 1 N–H and O–H groups in total. The highest BCUT2D eigenvalue weighted by atomic mass is 16.5. The van der Waals surface area contributed by atoms with Gasteiger partial charge < -0.3 is 24.1 Å². The van der Waals surface area contributed by atoms with E-state index in [0.717, 1.165) is 35.6 Å². The molecule has 0 radical (unpaired) electrons. The Morgan fingerprint density at radius 2 is 1.69 bits per heavy atom. The fraction of sp³-hybridized carbons (Fsp3) is 0.310. The van der Waals surface area contributed by atoms with Crippen molar-refractivity contribution in [3.63, 3.8) is 0 Å². The van der Waals surface area contributed by atoms with Gasteiger partial charge in [-0.05, 0) is 80.8 Å². The second-order valence-electron chi connectivity index (χ2n) is 8.90. The molecule has 4 rings (SSSR count). The predicted octanol–water partition coefficient (Wildman–Crippen LogP) is 5.63. The van der Waals surface area contributed by atoms with Crippen LogP contribution in [0.3, 0.4) is 0 Å². The van der Waals surface area contributed by atoms with Gasteiger partial charge in [0.05, 0.1) is 37.9 Å². The third-order valence-corrected chi connectivity index (χ3v) is 6.05. The Labute approximate surface area is 212 Å². The molecule has 188 valence electrons. The van der Waals surface area contributed by atoms with Crippen LogP contribution in [0.15, 0.2) is 60.7 Å². The summed E-state index contributed by atoms with van der Waals surface area (Å²) in [5.41, 5.74) is 4.80. The number of nitrogens with zero attached hydrogens (tertiary/aromatic N) is 2. The zero-order valence-electron chi connectivity index (χ0n) is 21.5. The first-order valence-corrected chi connectivity index (χ1v) is 12.1. The number of rotatable bonds is 10. The molecule has 1 amide bonds. The highest BCUT2D eigenvalue weighted by Gasteiger charge is 2.20. The van der Waals surface area contributed by atoms with Gasteiger partial charge in [-0.3, -0.25) is 4.79 Å². The highest BCUT2D eigenvalue weighted by Crippen LogP contribution is 2.28. The van der Waals surface area contributed by atoms with Gasteiger partial charge in [0.15, 0.2) is 11.5 Å². The van der Waals surface area contributed by atoms with Gasteiger partial charge in [-0.1, -0.05) is 18.2 Å². The lowest BCUT2D eigenvalue weighted by molar-refractivity contribution is 0.0937. The summed E-state index contributed by atoms with van der Waals surface area (Å²) in [7, 11) is 3.12. The van der Waals surface area contributed by atoms with Crippen molar-refractivity contribution in [3.05, 3.63) is 83.2 Å². The molecule has 0 aliphatic heterocycles. The lowest BCUT2D eigenvalue weighted by atomic mass is 10.1. The minimum atomic E-state index is -0.307. The van der Waals surface area contributed by atoms with E-state index in [1.807, 2.05) is 25.1 Å². The molecular formula is C29H33N3O4. The van der Waals surface area contributed by atoms with Crippen LogP contribution in [0.4, 0.5) is 0 Å². The topological polar surface area (TPSA) is 74.6 Å². The lowest BCUT2D eigenvalue weighted by Gasteiger charge is -2.17. The summed E-state index contributed by atoms with van der Waals surface area (Å²) in [5.74, 6) is 2.57. The maximum absolute atomic E-state index is 13.0. The van der Waals surface area contributed by atoms with Crippen molar-refractivity contribution in [1.29, 1.82) is 0 Å². The lowest BCUT2D eigenvalue weighted by Crippen LogP contribution is -2.29. The number of amides is 1. The molecule has 0 spiro atoms. The van der Waals surface area contributed by atoms with Crippen molar-refractivity contribution in [1.82, 2.24) is 14.9 Å². The average Bonchev–Trinajstić information content (AvgIpc) is 3.24. The number of fused-ring (bicyclic) bond motifs is 1. The van der Waals surface area contributed by atoms with Gasteiger partial charge in [0.25, 0.3) is 5.91 Å². The summed E-state index contributed by atoms with van der Waals surface area (Å²) in [5, 5.41) is 3.08. The standard InChI is InChI=1S/C29H33N3O4/c1-19-15-20(2)17-23(16-19)36-14-8-13-32-25-10-7-6-9-24(25)31-28(32)21(3)30-29(33)22-11-12-26(34-4)27(18-22)35-5/h6-7,9-12,15-18,21H,8,13-14H2,1-5H3,(H,30,33). The maximum atomic E-state index is 13.0. The molecule has 0 aliphatic rings. The maximum Gasteiger partial charge on any atom is 0.251 e. The van der Waals surface area contributed by atoms with Crippen LogP contribution in [0.1, 0.15) is 46.7 Å². The Morgan fingerprint density at radius 3 is 2.42 bits per heavy atom. The molecule has 1 unspecified atom stereocenters. The number of para-hydroxylation sites is 2. The van der Waals surface area contributed by atoms with Crippen molar-refractivity contribution >= 4 is 16.9 Å². The summed E-state index contributed by atoms with van der Waals surface area (Å²) >= 11 is 0. The van der Waals surface area contributed by atoms with Gasteiger partial charge in [0, 0.05) is 12.1 Å². The van der Waals surface area contributed by atoms with Gasteiger partial charge in [0.2, 0.25) is 0 Å². The van der Waals surface area contributed by atoms with E-state index in [-0.39, 0.29) is 11.9 Å². The van der Waals surface area contributed by atoms with E-state index in [2.05, 4.69) is 48.0 Å². The molecule has 7 nitrogen and oxygen atoms in total. The molecule has 3 aromatic carbocycles. The van der Waals surface area contributed by atoms with Crippen molar-refractivity contribution in [2.24, 2.45) is 0 Å². The van der Waals surface area contributed by atoms with E-state index < -0.39 is 0 Å².